The van der Waals surface area contributed by atoms with E-state index in [4.69, 9.17) is 17.0 Å². The highest BCUT2D eigenvalue weighted by Gasteiger charge is 2.22. The van der Waals surface area contributed by atoms with Crippen LogP contribution in [0.2, 0.25) is 0 Å². The number of nitrogens with zero attached hydrogens (tertiary/aromatic N) is 4. The minimum Gasteiger partial charge on any atom is -0.450 e. The van der Waals surface area contributed by atoms with E-state index >= 15 is 0 Å². The van der Waals surface area contributed by atoms with Crippen molar-refractivity contribution in [1.82, 2.24) is 24.6 Å². The number of benzene rings is 1. The van der Waals surface area contributed by atoms with E-state index in [0.29, 0.717) is 31.1 Å². The molecule has 1 N–H and O–H groups in total. The van der Waals surface area contributed by atoms with Crippen molar-refractivity contribution in [2.24, 2.45) is 0 Å². The lowest BCUT2D eigenvalue weighted by atomic mass is 10.2. The first-order valence-corrected chi connectivity index (χ1v) is 9.34. The summed E-state index contributed by atoms with van der Waals surface area (Å²) in [4.78, 5) is 20.2. The Labute approximate surface area is 159 Å². The number of aromatic amines is 1. The van der Waals surface area contributed by atoms with Crippen LogP contribution in [-0.4, -0.2) is 63.4 Å². The van der Waals surface area contributed by atoms with Gasteiger partial charge in [0.1, 0.15) is 0 Å². The third-order valence-electron chi connectivity index (χ3n) is 4.04. The fraction of sp³-hybridized carbons (Fsp3) is 0.438. The lowest BCUT2D eigenvalue weighted by Crippen LogP contribution is -2.49. The molecule has 1 aliphatic heterocycles. The third kappa shape index (κ3) is 4.47. The van der Waals surface area contributed by atoms with Gasteiger partial charge in [-0.2, -0.15) is 4.98 Å². The molecule has 1 fully saturated rings. The number of piperazine rings is 1. The Balaban J connectivity index is 1.62. The molecule has 2 heterocycles. The van der Waals surface area contributed by atoms with Crippen molar-refractivity contribution in [2.75, 3.05) is 32.8 Å². The third-order valence-corrected chi connectivity index (χ3v) is 4.88. The quantitative estimate of drug-likeness (QED) is 0.762. The second-order valence-electron chi connectivity index (χ2n) is 5.74. The van der Waals surface area contributed by atoms with Crippen LogP contribution in [0, 0.1) is 4.77 Å². The van der Waals surface area contributed by atoms with Crippen LogP contribution in [0.5, 0.6) is 0 Å². The summed E-state index contributed by atoms with van der Waals surface area (Å²) in [6.45, 7) is 5.69. The van der Waals surface area contributed by atoms with Gasteiger partial charge in [0.05, 0.1) is 13.3 Å². The normalized spacial score (nSPS) is 15.4. The largest absolute Gasteiger partial charge is 0.450 e. The maximum absolute atomic E-state index is 11.7. The summed E-state index contributed by atoms with van der Waals surface area (Å²) < 4.78 is 8.44. The first-order chi connectivity index (χ1) is 12.1. The van der Waals surface area contributed by atoms with Crippen molar-refractivity contribution < 1.29 is 9.53 Å². The molecule has 1 aromatic heterocycles. The number of hydrogen-bond donors (Lipinski definition) is 1. The average Bonchev–Trinajstić information content (AvgIpc) is 2.97. The zero-order valence-electron chi connectivity index (χ0n) is 13.9. The fourth-order valence-corrected chi connectivity index (χ4v) is 3.13. The van der Waals surface area contributed by atoms with Crippen molar-refractivity contribution in [1.29, 1.82) is 0 Å². The molecule has 0 saturated carbocycles. The summed E-state index contributed by atoms with van der Waals surface area (Å²) in [6.07, 6.45) is -0.238. The number of ether oxygens (including phenoxy) is 1. The number of hydrogen-bond acceptors (Lipinski definition) is 5. The summed E-state index contributed by atoms with van der Waals surface area (Å²) in [6, 6.07) is 7.92. The first kappa shape index (κ1) is 18.1. The lowest BCUT2D eigenvalue weighted by molar-refractivity contribution is 0.0691. The van der Waals surface area contributed by atoms with Gasteiger partial charge in [-0.05, 0) is 31.3 Å². The number of carbonyl (C=O) groups excluding carboxylic acids is 1. The molecule has 1 aromatic carbocycles. The van der Waals surface area contributed by atoms with Gasteiger partial charge < -0.3 is 9.64 Å². The minimum absolute atomic E-state index is 0.238. The zero-order valence-corrected chi connectivity index (χ0v) is 16.3. The molecule has 1 amide bonds. The van der Waals surface area contributed by atoms with Crippen LogP contribution in [-0.2, 0) is 11.4 Å². The molecule has 7 nitrogen and oxygen atoms in total. The Morgan fingerprint density at radius 2 is 1.96 bits per heavy atom. The van der Waals surface area contributed by atoms with Crippen LogP contribution in [0.3, 0.4) is 0 Å². The summed E-state index contributed by atoms with van der Waals surface area (Å²) >= 11 is 8.79. The minimum atomic E-state index is -0.238. The maximum Gasteiger partial charge on any atom is 0.409 e. The molecule has 25 heavy (non-hydrogen) atoms. The van der Waals surface area contributed by atoms with E-state index in [-0.39, 0.29) is 6.09 Å². The van der Waals surface area contributed by atoms with E-state index in [1.54, 1.807) is 4.90 Å². The Bertz CT molecular complexity index is 781. The predicted molar refractivity (Wildman–Crippen MR) is 101 cm³/mol. The Morgan fingerprint density at radius 3 is 2.60 bits per heavy atom. The summed E-state index contributed by atoms with van der Waals surface area (Å²) in [5.41, 5.74) is 0.986. The van der Waals surface area contributed by atoms with Gasteiger partial charge in [0.15, 0.2) is 5.82 Å². The van der Waals surface area contributed by atoms with E-state index in [9.17, 15) is 4.79 Å². The highest BCUT2D eigenvalue weighted by molar-refractivity contribution is 9.10. The molecule has 1 aliphatic rings. The number of carbonyl (C=O) groups is 1. The van der Waals surface area contributed by atoms with Crippen LogP contribution < -0.4 is 0 Å². The highest BCUT2D eigenvalue weighted by atomic mass is 79.9. The molecule has 3 rings (SSSR count). The van der Waals surface area contributed by atoms with E-state index in [2.05, 4.69) is 30.9 Å². The van der Waals surface area contributed by atoms with Crippen LogP contribution in [0.1, 0.15) is 6.92 Å². The van der Waals surface area contributed by atoms with Crippen molar-refractivity contribution >= 4 is 34.2 Å². The molecule has 0 atom stereocenters. The van der Waals surface area contributed by atoms with Gasteiger partial charge in [0.25, 0.3) is 0 Å². The van der Waals surface area contributed by atoms with Gasteiger partial charge in [-0.25, -0.2) is 9.48 Å². The summed E-state index contributed by atoms with van der Waals surface area (Å²) in [5.74, 6) is 0.752. The number of rotatable bonds is 4. The molecular weight excluding hydrogens is 406 g/mol. The van der Waals surface area contributed by atoms with Crippen molar-refractivity contribution in [3.8, 4) is 11.4 Å². The monoisotopic (exact) mass is 425 g/mol. The predicted octanol–water partition coefficient (Wildman–Crippen LogP) is 3.10. The SMILES string of the molecule is CCOC(=O)N1CCN(Cn2[nH]c(-c3ccc(Br)cc3)nc2=S)CC1. The van der Waals surface area contributed by atoms with Crippen molar-refractivity contribution in [3.63, 3.8) is 0 Å². The Morgan fingerprint density at radius 1 is 1.28 bits per heavy atom. The number of nitrogens with one attached hydrogen (secondary N) is 1. The van der Waals surface area contributed by atoms with E-state index < -0.39 is 0 Å². The molecule has 1 saturated heterocycles. The number of H-pyrrole nitrogens is 1. The van der Waals surface area contributed by atoms with Gasteiger partial charge >= 0.3 is 6.09 Å². The van der Waals surface area contributed by atoms with Crippen LogP contribution >= 0.6 is 28.1 Å². The summed E-state index contributed by atoms with van der Waals surface area (Å²) in [7, 11) is 0. The molecular formula is C16H20BrN5O2S. The molecule has 0 unspecified atom stereocenters. The van der Waals surface area contributed by atoms with Crippen LogP contribution in [0.25, 0.3) is 11.4 Å². The van der Waals surface area contributed by atoms with E-state index in [0.717, 1.165) is 29.0 Å². The molecule has 134 valence electrons. The smallest absolute Gasteiger partial charge is 0.409 e. The van der Waals surface area contributed by atoms with Crippen LogP contribution in [0.15, 0.2) is 28.7 Å². The molecule has 0 radical (unpaired) electrons. The molecule has 2 aromatic rings. The molecule has 0 spiro atoms. The maximum atomic E-state index is 11.7. The van der Waals surface area contributed by atoms with Crippen molar-refractivity contribution in [2.45, 2.75) is 13.6 Å². The van der Waals surface area contributed by atoms with Gasteiger partial charge in [0, 0.05) is 36.2 Å². The second kappa shape index (κ2) is 8.11. The average molecular weight is 426 g/mol. The van der Waals surface area contributed by atoms with Gasteiger partial charge in [0.2, 0.25) is 4.77 Å². The van der Waals surface area contributed by atoms with Gasteiger partial charge in [-0.1, -0.05) is 28.1 Å². The van der Waals surface area contributed by atoms with Crippen molar-refractivity contribution in [3.05, 3.63) is 33.5 Å². The topological polar surface area (TPSA) is 66.4 Å². The highest BCUT2D eigenvalue weighted by Crippen LogP contribution is 2.18. The van der Waals surface area contributed by atoms with E-state index in [1.165, 1.54) is 0 Å². The summed E-state index contributed by atoms with van der Waals surface area (Å²) in [5, 5.41) is 3.26. The molecule has 0 aliphatic carbocycles. The molecule has 0 bridgehead atoms. The lowest BCUT2D eigenvalue weighted by Gasteiger charge is -2.33. The number of halogens is 1. The van der Waals surface area contributed by atoms with Gasteiger partial charge in [-0.3, -0.25) is 10.00 Å². The number of aromatic nitrogens is 3. The zero-order chi connectivity index (χ0) is 17.8. The Hall–Kier alpha value is -1.71. The standard InChI is InChI=1S/C16H20BrN5O2S/c1-2-24-16(23)21-9-7-20(8-10-21)11-22-15(25)18-14(19-22)12-3-5-13(17)6-4-12/h3-6H,2,7-11H2,1H3,(H,18,19,25). The Kier molecular flexibility index (Phi) is 5.87. The van der Waals surface area contributed by atoms with Gasteiger partial charge in [-0.15, -0.1) is 0 Å². The molecule has 9 heteroatoms. The fourth-order valence-electron chi connectivity index (χ4n) is 2.68. The number of amides is 1. The van der Waals surface area contributed by atoms with E-state index in [1.807, 2.05) is 35.9 Å². The van der Waals surface area contributed by atoms with Crippen LogP contribution in [0.4, 0.5) is 4.79 Å². The first-order valence-electron chi connectivity index (χ1n) is 8.13. The second-order valence-corrected chi connectivity index (χ2v) is 7.02.